The van der Waals surface area contributed by atoms with Gasteiger partial charge in [0.15, 0.2) is 0 Å². The predicted octanol–water partition coefficient (Wildman–Crippen LogP) is 1.99. The Morgan fingerprint density at radius 1 is 1.23 bits per heavy atom. The number of ether oxygens (including phenoxy) is 1. The van der Waals surface area contributed by atoms with Crippen molar-refractivity contribution < 1.29 is 4.74 Å². The number of nitrogens with zero attached hydrogens (tertiary/aromatic N) is 3. The molecule has 1 rings (SSSR count). The number of aromatic nitrogens is 3. The number of hydrogen-bond donors (Lipinski definition) is 0. The Balaban J connectivity index is 3.08. The predicted molar refractivity (Wildman–Crippen MR) is 51.0 cm³/mol. The summed E-state index contributed by atoms with van der Waals surface area (Å²) in [5, 5.41) is 4.23. The third kappa shape index (κ3) is 1.99. The van der Waals surface area contributed by atoms with E-state index in [9.17, 15) is 0 Å². The second kappa shape index (κ2) is 3.77. The minimum atomic E-state index is 0.328. The fourth-order valence-corrected chi connectivity index (χ4v) is 1.18. The highest BCUT2D eigenvalue weighted by Crippen LogP contribution is 2.18. The Morgan fingerprint density at radius 3 is 2.15 bits per heavy atom. The van der Waals surface area contributed by atoms with Crippen molar-refractivity contribution in [2.45, 2.75) is 39.7 Å². The van der Waals surface area contributed by atoms with Crippen molar-refractivity contribution in [3.8, 4) is 6.01 Å². The molecule has 0 aliphatic heterocycles. The van der Waals surface area contributed by atoms with E-state index >= 15 is 0 Å². The molecular weight excluding hydrogens is 166 g/mol. The van der Waals surface area contributed by atoms with Gasteiger partial charge in [0.2, 0.25) is 0 Å². The van der Waals surface area contributed by atoms with Gasteiger partial charge in [0, 0.05) is 12.0 Å². The van der Waals surface area contributed by atoms with Gasteiger partial charge in [0.25, 0.3) is 0 Å². The Bertz CT molecular complexity index is 253. The number of rotatable bonds is 3. The number of methoxy groups -OCH3 is 1. The van der Waals surface area contributed by atoms with Crippen LogP contribution in [0.1, 0.15) is 45.5 Å². The lowest BCUT2D eigenvalue weighted by molar-refractivity contribution is 0.371. The largest absolute Gasteiger partial charge is 0.466 e. The van der Waals surface area contributed by atoms with E-state index in [1.54, 1.807) is 7.11 Å². The van der Waals surface area contributed by atoms with Crippen LogP contribution in [0.5, 0.6) is 6.01 Å². The van der Waals surface area contributed by atoms with Gasteiger partial charge in [-0.2, -0.15) is 4.98 Å². The van der Waals surface area contributed by atoms with Crippen LogP contribution in [-0.4, -0.2) is 21.9 Å². The summed E-state index contributed by atoms with van der Waals surface area (Å²) in [6.07, 6.45) is 0. The quantitative estimate of drug-likeness (QED) is 0.719. The van der Waals surface area contributed by atoms with Crippen LogP contribution in [0.15, 0.2) is 0 Å². The first-order valence-electron chi connectivity index (χ1n) is 4.56. The Labute approximate surface area is 78.9 Å². The molecule has 0 unspecified atom stereocenters. The molecule has 4 nitrogen and oxygen atoms in total. The van der Waals surface area contributed by atoms with E-state index in [1.165, 1.54) is 0 Å². The second-order valence-corrected chi connectivity index (χ2v) is 3.65. The molecule has 1 aromatic rings. The van der Waals surface area contributed by atoms with E-state index in [-0.39, 0.29) is 0 Å². The summed E-state index contributed by atoms with van der Waals surface area (Å²) in [6.45, 7) is 8.37. The van der Waals surface area contributed by atoms with Crippen LogP contribution in [0, 0.1) is 0 Å². The van der Waals surface area contributed by atoms with E-state index in [0.29, 0.717) is 18.0 Å². The molecule has 0 fully saturated rings. The third-order valence-electron chi connectivity index (χ3n) is 1.83. The maximum atomic E-state index is 4.99. The molecule has 0 atom stereocenters. The normalized spacial score (nSPS) is 11.3. The number of hydrogen-bond acceptors (Lipinski definition) is 3. The van der Waals surface area contributed by atoms with Gasteiger partial charge < -0.3 is 4.74 Å². The molecule has 0 saturated carbocycles. The highest BCUT2D eigenvalue weighted by Gasteiger charge is 2.14. The second-order valence-electron chi connectivity index (χ2n) is 3.65. The van der Waals surface area contributed by atoms with Gasteiger partial charge in [-0.25, -0.2) is 4.68 Å². The summed E-state index contributed by atoms with van der Waals surface area (Å²) in [5.41, 5.74) is 0. The average molecular weight is 183 g/mol. The zero-order chi connectivity index (χ0) is 10.0. The van der Waals surface area contributed by atoms with Crippen LogP contribution in [0.3, 0.4) is 0 Å². The molecule has 0 aliphatic rings. The minimum absolute atomic E-state index is 0.328. The topological polar surface area (TPSA) is 39.9 Å². The molecule has 0 spiro atoms. The molecule has 0 aromatic carbocycles. The van der Waals surface area contributed by atoms with Gasteiger partial charge in [-0.15, -0.1) is 5.10 Å². The third-order valence-corrected chi connectivity index (χ3v) is 1.83. The van der Waals surface area contributed by atoms with Crippen LogP contribution in [-0.2, 0) is 0 Å². The van der Waals surface area contributed by atoms with E-state index in [0.717, 1.165) is 5.82 Å². The Hall–Kier alpha value is -1.06. The summed E-state index contributed by atoms with van der Waals surface area (Å²) in [4.78, 5) is 4.28. The molecule has 0 N–H and O–H groups in total. The van der Waals surface area contributed by atoms with Gasteiger partial charge in [-0.3, -0.25) is 0 Å². The molecule has 0 bridgehead atoms. The van der Waals surface area contributed by atoms with Crippen molar-refractivity contribution in [1.29, 1.82) is 0 Å². The molecule has 1 aromatic heterocycles. The fourth-order valence-electron chi connectivity index (χ4n) is 1.18. The zero-order valence-corrected chi connectivity index (χ0v) is 8.90. The van der Waals surface area contributed by atoms with E-state index in [1.807, 2.05) is 4.68 Å². The fraction of sp³-hybridized carbons (Fsp3) is 0.778. The van der Waals surface area contributed by atoms with E-state index in [4.69, 9.17) is 4.74 Å². The molecular formula is C9H17N3O. The van der Waals surface area contributed by atoms with Crippen LogP contribution < -0.4 is 4.74 Å². The average Bonchev–Trinajstić information content (AvgIpc) is 2.47. The summed E-state index contributed by atoms with van der Waals surface area (Å²) in [6, 6.07) is 0.784. The van der Waals surface area contributed by atoms with Gasteiger partial charge in [0.05, 0.1) is 7.11 Å². The lowest BCUT2D eigenvalue weighted by atomic mass is 10.2. The van der Waals surface area contributed by atoms with Crippen molar-refractivity contribution in [3.63, 3.8) is 0 Å². The molecule has 74 valence electrons. The van der Waals surface area contributed by atoms with Gasteiger partial charge in [0.1, 0.15) is 5.82 Å². The van der Waals surface area contributed by atoms with Gasteiger partial charge >= 0.3 is 6.01 Å². The first-order valence-corrected chi connectivity index (χ1v) is 4.56. The van der Waals surface area contributed by atoms with Crippen LogP contribution in [0.2, 0.25) is 0 Å². The van der Waals surface area contributed by atoms with Crippen molar-refractivity contribution in [2.75, 3.05) is 7.11 Å². The van der Waals surface area contributed by atoms with Crippen molar-refractivity contribution in [3.05, 3.63) is 5.82 Å². The first-order chi connectivity index (χ1) is 6.06. The Morgan fingerprint density at radius 2 is 1.85 bits per heavy atom. The molecule has 0 aliphatic carbocycles. The standard InChI is InChI=1S/C9H17N3O/c1-6(2)8-10-9(13-5)11-12(8)7(3)4/h6-7H,1-5H3. The maximum Gasteiger partial charge on any atom is 0.335 e. The monoisotopic (exact) mass is 183 g/mol. The summed E-state index contributed by atoms with van der Waals surface area (Å²) in [5.74, 6) is 1.35. The summed E-state index contributed by atoms with van der Waals surface area (Å²) >= 11 is 0. The van der Waals surface area contributed by atoms with Crippen LogP contribution >= 0.6 is 0 Å². The lowest BCUT2D eigenvalue weighted by Gasteiger charge is -2.10. The molecule has 0 saturated heterocycles. The highest BCUT2D eigenvalue weighted by atomic mass is 16.5. The van der Waals surface area contributed by atoms with E-state index < -0.39 is 0 Å². The van der Waals surface area contributed by atoms with Crippen molar-refractivity contribution in [1.82, 2.24) is 14.8 Å². The summed E-state index contributed by atoms with van der Waals surface area (Å²) < 4.78 is 6.90. The van der Waals surface area contributed by atoms with Crippen molar-refractivity contribution in [2.24, 2.45) is 0 Å². The van der Waals surface area contributed by atoms with Crippen LogP contribution in [0.25, 0.3) is 0 Å². The maximum absolute atomic E-state index is 4.99. The molecule has 0 radical (unpaired) electrons. The SMILES string of the molecule is COc1nc(C(C)C)n(C(C)C)n1. The van der Waals surface area contributed by atoms with Crippen molar-refractivity contribution >= 4 is 0 Å². The Kier molecular flexibility index (Phi) is 2.90. The molecule has 4 heteroatoms. The van der Waals surface area contributed by atoms with Crippen LogP contribution in [0.4, 0.5) is 0 Å². The lowest BCUT2D eigenvalue weighted by Crippen LogP contribution is -2.09. The smallest absolute Gasteiger partial charge is 0.335 e. The van der Waals surface area contributed by atoms with Gasteiger partial charge in [-0.1, -0.05) is 13.8 Å². The van der Waals surface area contributed by atoms with Gasteiger partial charge in [-0.05, 0) is 13.8 Å². The summed E-state index contributed by atoms with van der Waals surface area (Å²) in [7, 11) is 1.59. The molecule has 0 amide bonds. The minimum Gasteiger partial charge on any atom is -0.466 e. The molecule has 1 heterocycles. The van der Waals surface area contributed by atoms with E-state index in [2.05, 4.69) is 37.8 Å². The zero-order valence-electron chi connectivity index (χ0n) is 8.90. The molecule has 13 heavy (non-hydrogen) atoms. The highest BCUT2D eigenvalue weighted by molar-refractivity contribution is 5.02. The first kappa shape index (κ1) is 10.0.